The van der Waals surface area contributed by atoms with E-state index in [-0.39, 0.29) is 0 Å². The summed E-state index contributed by atoms with van der Waals surface area (Å²) in [5, 5.41) is 58.0. The fraction of sp³-hybridized carbons (Fsp3) is 1.00. The van der Waals surface area contributed by atoms with Gasteiger partial charge in [0.25, 0.3) is 0 Å². The first-order chi connectivity index (χ1) is 10.4. The molecular weight excluding hydrogens is 304 g/mol. The van der Waals surface area contributed by atoms with Crippen LogP contribution in [0.3, 0.4) is 0 Å². The van der Waals surface area contributed by atoms with Crippen LogP contribution in [-0.4, -0.2) is 105 Å². The molecule has 3 aliphatic heterocycles. The van der Waals surface area contributed by atoms with E-state index in [2.05, 4.69) is 0 Å². The van der Waals surface area contributed by atoms with Crippen molar-refractivity contribution in [3.05, 3.63) is 0 Å². The van der Waals surface area contributed by atoms with Crippen LogP contribution in [0.15, 0.2) is 0 Å². The lowest BCUT2D eigenvalue weighted by molar-refractivity contribution is -0.411. The molecule has 0 bridgehead atoms. The molecule has 10 heteroatoms. The average molecular weight is 324 g/mol. The van der Waals surface area contributed by atoms with Crippen molar-refractivity contribution in [3.63, 3.8) is 0 Å². The van der Waals surface area contributed by atoms with E-state index in [0.29, 0.717) is 0 Å². The minimum Gasteiger partial charge on any atom is -0.394 e. The molecule has 3 rings (SSSR count). The third-order valence-corrected chi connectivity index (χ3v) is 4.41. The molecule has 0 aromatic rings. The van der Waals surface area contributed by atoms with Crippen LogP contribution < -0.4 is 0 Å². The molecule has 22 heavy (non-hydrogen) atoms. The second kappa shape index (κ2) is 5.60. The van der Waals surface area contributed by atoms with Crippen molar-refractivity contribution in [3.8, 4) is 0 Å². The first kappa shape index (κ1) is 16.5. The Morgan fingerprint density at radius 1 is 0.864 bits per heavy atom. The van der Waals surface area contributed by atoms with Gasteiger partial charge in [0.2, 0.25) is 11.6 Å². The molecular formula is C12H20O10. The topological polar surface area (TPSA) is 158 Å². The summed E-state index contributed by atoms with van der Waals surface area (Å²) in [5.74, 6) is -3.49. The fourth-order valence-electron chi connectivity index (χ4n) is 3.13. The van der Waals surface area contributed by atoms with Gasteiger partial charge in [-0.05, 0) is 0 Å². The quantitative estimate of drug-likeness (QED) is 0.299. The molecule has 128 valence electrons. The summed E-state index contributed by atoms with van der Waals surface area (Å²) in [4.78, 5) is 0. The molecule has 1 unspecified atom stereocenters. The normalized spacial score (nSPS) is 54.8. The largest absolute Gasteiger partial charge is 0.394 e. The molecule has 0 amide bonds. The summed E-state index contributed by atoms with van der Waals surface area (Å²) < 4.78 is 21.7. The molecule has 3 saturated heterocycles. The van der Waals surface area contributed by atoms with Crippen molar-refractivity contribution in [2.45, 2.75) is 48.2 Å². The van der Waals surface area contributed by atoms with Crippen molar-refractivity contribution in [1.82, 2.24) is 0 Å². The van der Waals surface area contributed by atoms with Crippen LogP contribution in [0, 0.1) is 0 Å². The first-order valence-corrected chi connectivity index (χ1v) is 6.97. The average Bonchev–Trinajstić information content (AvgIpc) is 2.95. The molecule has 0 saturated carbocycles. The van der Waals surface area contributed by atoms with Gasteiger partial charge in [0, 0.05) is 0 Å². The number of ether oxygens (including phenoxy) is 4. The molecule has 0 radical (unpaired) electrons. The maximum Gasteiger partial charge on any atom is 0.222 e. The van der Waals surface area contributed by atoms with Crippen molar-refractivity contribution in [1.29, 1.82) is 0 Å². The Morgan fingerprint density at radius 3 is 2.05 bits per heavy atom. The molecule has 1 spiro atoms. The number of aliphatic hydroxyl groups excluding tert-OH is 6. The van der Waals surface area contributed by atoms with E-state index >= 15 is 0 Å². The van der Waals surface area contributed by atoms with Crippen LogP contribution in [-0.2, 0) is 18.9 Å². The second-order valence-electron chi connectivity index (χ2n) is 5.71. The highest BCUT2D eigenvalue weighted by atomic mass is 16.8. The predicted molar refractivity (Wildman–Crippen MR) is 65.3 cm³/mol. The van der Waals surface area contributed by atoms with E-state index in [1.54, 1.807) is 0 Å². The highest BCUT2D eigenvalue weighted by Gasteiger charge is 2.67. The van der Waals surface area contributed by atoms with E-state index in [9.17, 15) is 25.5 Å². The zero-order valence-electron chi connectivity index (χ0n) is 11.6. The summed E-state index contributed by atoms with van der Waals surface area (Å²) in [6.07, 6.45) is -7.62. The minimum absolute atomic E-state index is 0.399. The number of aliphatic hydroxyl groups is 6. The maximum atomic E-state index is 10.1. The Kier molecular flexibility index (Phi) is 4.19. The van der Waals surface area contributed by atoms with Crippen LogP contribution in [0.2, 0.25) is 0 Å². The third-order valence-electron chi connectivity index (χ3n) is 4.41. The summed E-state index contributed by atoms with van der Waals surface area (Å²) in [6.45, 7) is -2.12. The summed E-state index contributed by atoms with van der Waals surface area (Å²) in [7, 11) is 0. The molecule has 10 nitrogen and oxygen atoms in total. The lowest BCUT2D eigenvalue weighted by Gasteiger charge is -2.46. The van der Waals surface area contributed by atoms with Gasteiger partial charge >= 0.3 is 0 Å². The summed E-state index contributed by atoms with van der Waals surface area (Å²) in [6, 6.07) is 0. The van der Waals surface area contributed by atoms with Gasteiger partial charge in [-0.2, -0.15) is 0 Å². The first-order valence-electron chi connectivity index (χ1n) is 6.97. The molecule has 6 N–H and O–H groups in total. The van der Waals surface area contributed by atoms with Crippen molar-refractivity contribution in [2.75, 3.05) is 26.4 Å². The molecule has 8 atom stereocenters. The van der Waals surface area contributed by atoms with Crippen LogP contribution >= 0.6 is 0 Å². The summed E-state index contributed by atoms with van der Waals surface area (Å²) >= 11 is 0. The Labute approximate surface area is 125 Å². The Bertz CT molecular complexity index is 421. The zero-order valence-corrected chi connectivity index (χ0v) is 11.6. The molecule has 3 fully saturated rings. The van der Waals surface area contributed by atoms with E-state index in [1.807, 2.05) is 0 Å². The second-order valence-corrected chi connectivity index (χ2v) is 5.71. The smallest absolute Gasteiger partial charge is 0.222 e. The van der Waals surface area contributed by atoms with Crippen LogP contribution in [0.25, 0.3) is 0 Å². The van der Waals surface area contributed by atoms with E-state index in [0.717, 1.165) is 0 Å². The van der Waals surface area contributed by atoms with Crippen molar-refractivity contribution >= 4 is 0 Å². The molecule has 0 aromatic carbocycles. The Balaban J connectivity index is 1.86. The minimum atomic E-state index is -1.80. The van der Waals surface area contributed by atoms with Crippen LogP contribution in [0.4, 0.5) is 0 Å². The lowest BCUT2D eigenvalue weighted by Crippen LogP contribution is -2.65. The van der Waals surface area contributed by atoms with Gasteiger partial charge in [0.1, 0.15) is 49.8 Å². The van der Waals surface area contributed by atoms with Gasteiger partial charge in [-0.1, -0.05) is 0 Å². The Hall–Kier alpha value is -0.400. The zero-order chi connectivity index (χ0) is 16.1. The number of rotatable bonds is 3. The summed E-state index contributed by atoms with van der Waals surface area (Å²) in [5.41, 5.74) is 0. The third kappa shape index (κ3) is 2.12. The highest BCUT2D eigenvalue weighted by Crippen LogP contribution is 2.45. The monoisotopic (exact) mass is 324 g/mol. The van der Waals surface area contributed by atoms with Gasteiger partial charge in [-0.15, -0.1) is 0 Å². The van der Waals surface area contributed by atoms with Gasteiger partial charge in [0.15, 0.2) is 0 Å². The fourth-order valence-corrected chi connectivity index (χ4v) is 3.13. The molecule has 3 aliphatic rings. The van der Waals surface area contributed by atoms with Crippen molar-refractivity contribution in [2.24, 2.45) is 0 Å². The lowest BCUT2D eigenvalue weighted by atomic mass is 9.99. The number of hydrogen-bond acceptors (Lipinski definition) is 10. The predicted octanol–water partition coefficient (Wildman–Crippen LogP) is -4.35. The molecule has 0 aliphatic carbocycles. The van der Waals surface area contributed by atoms with Crippen LogP contribution in [0.5, 0.6) is 0 Å². The highest BCUT2D eigenvalue weighted by molar-refractivity contribution is 5.06. The van der Waals surface area contributed by atoms with E-state index in [1.165, 1.54) is 0 Å². The van der Waals surface area contributed by atoms with Crippen molar-refractivity contribution < 1.29 is 49.6 Å². The van der Waals surface area contributed by atoms with Crippen LogP contribution in [0.1, 0.15) is 0 Å². The van der Waals surface area contributed by atoms with E-state index < -0.39 is 74.6 Å². The maximum absolute atomic E-state index is 10.1. The van der Waals surface area contributed by atoms with Gasteiger partial charge < -0.3 is 49.6 Å². The number of fused-ring (bicyclic) bond motifs is 1. The van der Waals surface area contributed by atoms with Gasteiger partial charge in [0.05, 0.1) is 13.2 Å². The Morgan fingerprint density at radius 2 is 1.50 bits per heavy atom. The SMILES string of the molecule is OC[C@H]1OC2(CO)OC[C@@]3(O[C@H](CO)[C@@H](O)[C@@H]3O)O[C@H]2[C@@H]1O. The molecule has 3 heterocycles. The number of hydrogen-bond donors (Lipinski definition) is 6. The standard InChI is InChI=1S/C12H20O10/c13-1-5-7(16)9(18)12(21-5)4-19-11(3-15)10(22-12)8(17)6(2-14)20-11/h5-10,13-18H,1-4H2/t5-,6-,7-,8-,9+,10+,11?,12-/m1/s1. The molecule has 0 aromatic heterocycles. The van der Waals surface area contributed by atoms with Gasteiger partial charge in [-0.25, -0.2) is 0 Å². The van der Waals surface area contributed by atoms with Gasteiger partial charge in [-0.3, -0.25) is 0 Å². The van der Waals surface area contributed by atoms with E-state index in [4.69, 9.17) is 24.1 Å².